The highest BCUT2D eigenvalue weighted by molar-refractivity contribution is 7.14. The molecule has 1 unspecified atom stereocenters. The highest BCUT2D eigenvalue weighted by Crippen LogP contribution is 2.29. The molecule has 0 spiro atoms. The molecule has 0 bridgehead atoms. The molecule has 0 saturated heterocycles. The summed E-state index contributed by atoms with van der Waals surface area (Å²) in [7, 11) is 0. The molecule has 1 atom stereocenters. The molecule has 6 heteroatoms. The van der Waals surface area contributed by atoms with Crippen LogP contribution in [0, 0.1) is 18.6 Å². The van der Waals surface area contributed by atoms with Crippen LogP contribution in [0.25, 0.3) is 10.6 Å². The van der Waals surface area contributed by atoms with Crippen molar-refractivity contribution in [2.45, 2.75) is 19.9 Å². The number of aromatic nitrogens is 2. The lowest BCUT2D eigenvalue weighted by Crippen LogP contribution is -2.03. The summed E-state index contributed by atoms with van der Waals surface area (Å²) in [4.78, 5) is 0. The van der Waals surface area contributed by atoms with Crippen molar-refractivity contribution >= 4 is 11.3 Å². The van der Waals surface area contributed by atoms with E-state index in [1.165, 1.54) is 17.4 Å². The van der Waals surface area contributed by atoms with Crippen molar-refractivity contribution < 1.29 is 8.78 Å². The number of nitrogens with two attached hydrogens (primary N) is 1. The van der Waals surface area contributed by atoms with Gasteiger partial charge < -0.3 is 5.73 Å². The molecule has 1 heterocycles. The van der Waals surface area contributed by atoms with Crippen molar-refractivity contribution in [1.29, 1.82) is 0 Å². The van der Waals surface area contributed by atoms with Crippen molar-refractivity contribution in [3.8, 4) is 10.6 Å². The van der Waals surface area contributed by atoms with E-state index in [2.05, 4.69) is 10.2 Å². The quantitative estimate of drug-likeness (QED) is 0.897. The maximum absolute atomic E-state index is 13.6. The molecule has 2 aromatic rings. The number of benzene rings is 1. The molecule has 0 aliphatic heterocycles. The van der Waals surface area contributed by atoms with Crippen LogP contribution in [0.2, 0.25) is 0 Å². The maximum Gasteiger partial charge on any atom is 0.150 e. The van der Waals surface area contributed by atoms with Crippen molar-refractivity contribution in [2.24, 2.45) is 5.73 Å². The van der Waals surface area contributed by atoms with E-state index in [9.17, 15) is 8.78 Å². The average Bonchev–Trinajstić information content (AvgIpc) is 2.72. The standard InChI is InChI=1S/C11H11F2N3S/c1-5-3-7(9(13)4-8(5)12)11-16-15-10(17-11)6(2)14/h3-4,6H,14H2,1-2H3. The van der Waals surface area contributed by atoms with Gasteiger partial charge in [-0.15, -0.1) is 10.2 Å². The van der Waals surface area contributed by atoms with E-state index in [0.717, 1.165) is 6.07 Å². The molecule has 0 amide bonds. The second-order valence-corrected chi connectivity index (χ2v) is 4.82. The lowest BCUT2D eigenvalue weighted by atomic mass is 10.1. The molecule has 0 aliphatic carbocycles. The van der Waals surface area contributed by atoms with Crippen LogP contribution >= 0.6 is 11.3 Å². The minimum Gasteiger partial charge on any atom is -0.322 e. The minimum absolute atomic E-state index is 0.245. The van der Waals surface area contributed by atoms with Crippen LogP contribution in [0.1, 0.15) is 23.5 Å². The smallest absolute Gasteiger partial charge is 0.150 e. The maximum atomic E-state index is 13.6. The lowest BCUT2D eigenvalue weighted by Gasteiger charge is -2.01. The topological polar surface area (TPSA) is 51.8 Å². The fraction of sp³-hybridized carbons (Fsp3) is 0.273. The van der Waals surface area contributed by atoms with E-state index < -0.39 is 11.6 Å². The van der Waals surface area contributed by atoms with Crippen molar-refractivity contribution in [3.05, 3.63) is 34.3 Å². The predicted octanol–water partition coefficient (Wildman–Crippen LogP) is 2.81. The van der Waals surface area contributed by atoms with Gasteiger partial charge in [-0.05, 0) is 25.5 Å². The highest BCUT2D eigenvalue weighted by atomic mass is 32.1. The van der Waals surface area contributed by atoms with Gasteiger partial charge in [0.15, 0.2) is 5.01 Å². The number of rotatable bonds is 2. The summed E-state index contributed by atoms with van der Waals surface area (Å²) in [6.07, 6.45) is 0. The Morgan fingerprint density at radius 1 is 1.24 bits per heavy atom. The minimum atomic E-state index is -0.638. The summed E-state index contributed by atoms with van der Waals surface area (Å²) in [6.45, 7) is 3.35. The summed E-state index contributed by atoms with van der Waals surface area (Å²) in [5, 5.41) is 8.77. The largest absolute Gasteiger partial charge is 0.322 e. The predicted molar refractivity (Wildman–Crippen MR) is 62.6 cm³/mol. The normalized spacial score (nSPS) is 12.8. The summed E-state index contributed by atoms with van der Waals surface area (Å²) in [5.41, 5.74) is 6.28. The second-order valence-electron chi connectivity index (χ2n) is 3.82. The molecule has 90 valence electrons. The van der Waals surface area contributed by atoms with Crippen LogP contribution in [0.15, 0.2) is 12.1 Å². The van der Waals surface area contributed by atoms with E-state index in [0.29, 0.717) is 15.6 Å². The number of hydrogen-bond donors (Lipinski definition) is 1. The van der Waals surface area contributed by atoms with E-state index in [1.54, 1.807) is 13.8 Å². The number of hydrogen-bond acceptors (Lipinski definition) is 4. The van der Waals surface area contributed by atoms with Gasteiger partial charge in [0, 0.05) is 11.6 Å². The molecule has 17 heavy (non-hydrogen) atoms. The van der Waals surface area contributed by atoms with Crippen LogP contribution in [-0.2, 0) is 0 Å². The van der Waals surface area contributed by atoms with Gasteiger partial charge in [-0.1, -0.05) is 11.3 Å². The van der Waals surface area contributed by atoms with Crippen LogP contribution < -0.4 is 5.73 Å². The summed E-state index contributed by atoms with van der Waals surface area (Å²) < 4.78 is 26.7. The summed E-state index contributed by atoms with van der Waals surface area (Å²) in [5.74, 6) is -1.20. The monoisotopic (exact) mass is 255 g/mol. The van der Waals surface area contributed by atoms with Crippen LogP contribution in [0.5, 0.6) is 0 Å². The molecule has 1 aromatic heterocycles. The first kappa shape index (κ1) is 12.1. The van der Waals surface area contributed by atoms with Crippen molar-refractivity contribution in [3.63, 3.8) is 0 Å². The third-order valence-electron chi connectivity index (χ3n) is 2.31. The van der Waals surface area contributed by atoms with E-state index in [4.69, 9.17) is 5.73 Å². The van der Waals surface area contributed by atoms with Crippen molar-refractivity contribution in [2.75, 3.05) is 0 Å². The molecule has 2 N–H and O–H groups in total. The van der Waals surface area contributed by atoms with Crippen LogP contribution in [0.4, 0.5) is 8.78 Å². The fourth-order valence-corrected chi connectivity index (χ4v) is 2.16. The molecule has 0 aliphatic rings. The third kappa shape index (κ3) is 2.32. The molecule has 1 aromatic carbocycles. The Morgan fingerprint density at radius 3 is 2.53 bits per heavy atom. The van der Waals surface area contributed by atoms with Gasteiger partial charge >= 0.3 is 0 Å². The molecule has 0 fully saturated rings. The number of halogens is 2. The Hall–Kier alpha value is -1.40. The van der Waals surface area contributed by atoms with E-state index in [-0.39, 0.29) is 11.6 Å². The molecular weight excluding hydrogens is 244 g/mol. The first-order valence-corrected chi connectivity index (χ1v) is 5.85. The van der Waals surface area contributed by atoms with Gasteiger partial charge in [0.05, 0.1) is 6.04 Å². The van der Waals surface area contributed by atoms with E-state index in [1.807, 2.05) is 0 Å². The summed E-state index contributed by atoms with van der Waals surface area (Å²) >= 11 is 1.21. The van der Waals surface area contributed by atoms with Crippen molar-refractivity contribution in [1.82, 2.24) is 10.2 Å². The zero-order valence-corrected chi connectivity index (χ0v) is 10.2. The molecule has 2 rings (SSSR count). The lowest BCUT2D eigenvalue weighted by molar-refractivity contribution is 0.579. The first-order chi connectivity index (χ1) is 7.99. The molecule has 3 nitrogen and oxygen atoms in total. The SMILES string of the molecule is Cc1cc(-c2nnc(C(C)N)s2)c(F)cc1F. The van der Waals surface area contributed by atoms with Gasteiger partial charge in [-0.3, -0.25) is 0 Å². The molecule has 0 saturated carbocycles. The van der Waals surface area contributed by atoms with Gasteiger partial charge in [0.25, 0.3) is 0 Å². The Balaban J connectivity index is 2.49. The Kier molecular flexibility index (Phi) is 3.17. The van der Waals surface area contributed by atoms with Gasteiger partial charge in [0.1, 0.15) is 16.6 Å². The van der Waals surface area contributed by atoms with Crippen LogP contribution in [0.3, 0.4) is 0 Å². The molecular formula is C11H11F2N3S. The molecule has 0 radical (unpaired) electrons. The summed E-state index contributed by atoms with van der Waals surface area (Å²) in [6, 6.07) is 2.04. The highest BCUT2D eigenvalue weighted by Gasteiger charge is 2.15. The first-order valence-electron chi connectivity index (χ1n) is 5.04. The van der Waals surface area contributed by atoms with Crippen LogP contribution in [-0.4, -0.2) is 10.2 Å². The fourth-order valence-electron chi connectivity index (χ4n) is 1.35. The Bertz CT molecular complexity index is 552. The number of nitrogens with zero attached hydrogens (tertiary/aromatic N) is 2. The Labute approximate surface area is 101 Å². The zero-order valence-electron chi connectivity index (χ0n) is 9.37. The second kappa shape index (κ2) is 4.46. The zero-order chi connectivity index (χ0) is 12.6. The Morgan fingerprint density at radius 2 is 1.94 bits per heavy atom. The van der Waals surface area contributed by atoms with Gasteiger partial charge in [-0.25, -0.2) is 8.78 Å². The van der Waals surface area contributed by atoms with E-state index >= 15 is 0 Å². The van der Waals surface area contributed by atoms with Gasteiger partial charge in [-0.2, -0.15) is 0 Å². The van der Waals surface area contributed by atoms with Gasteiger partial charge in [0.2, 0.25) is 0 Å². The average molecular weight is 255 g/mol. The number of aryl methyl sites for hydroxylation is 1. The third-order valence-corrected chi connectivity index (χ3v) is 3.47.